The van der Waals surface area contributed by atoms with Crippen LogP contribution in [0.15, 0.2) is 24.3 Å². The van der Waals surface area contributed by atoms with E-state index in [0.717, 1.165) is 0 Å². The number of anilines is 3. The van der Waals surface area contributed by atoms with E-state index in [1.807, 2.05) is 6.92 Å². The van der Waals surface area contributed by atoms with E-state index < -0.39 is 11.6 Å². The number of benzene rings is 1. The first-order valence-corrected chi connectivity index (χ1v) is 5.90. The van der Waals surface area contributed by atoms with Crippen LogP contribution in [0, 0.1) is 11.6 Å². The van der Waals surface area contributed by atoms with Crippen LogP contribution >= 0.6 is 0 Å². The predicted molar refractivity (Wildman–Crippen MR) is 70.6 cm³/mol. The van der Waals surface area contributed by atoms with Gasteiger partial charge in [0.05, 0.1) is 0 Å². The highest BCUT2D eigenvalue weighted by Crippen LogP contribution is 2.23. The van der Waals surface area contributed by atoms with Crippen molar-refractivity contribution in [2.75, 3.05) is 17.7 Å². The summed E-state index contributed by atoms with van der Waals surface area (Å²) in [6, 6.07) is 5.27. The summed E-state index contributed by atoms with van der Waals surface area (Å²) in [7, 11) is 1.72. The summed E-state index contributed by atoms with van der Waals surface area (Å²) in [5, 5.41) is 5.53. The third kappa shape index (κ3) is 2.96. The molecule has 0 spiro atoms. The van der Waals surface area contributed by atoms with Gasteiger partial charge in [-0.25, -0.2) is 18.7 Å². The maximum atomic E-state index is 13.5. The molecule has 0 bridgehead atoms. The molecular weight excluding hydrogens is 250 g/mol. The van der Waals surface area contributed by atoms with Crippen molar-refractivity contribution < 1.29 is 8.78 Å². The molecule has 100 valence electrons. The van der Waals surface area contributed by atoms with Gasteiger partial charge in [0, 0.05) is 19.5 Å². The molecule has 2 aromatic rings. The normalized spacial score (nSPS) is 10.3. The Balaban J connectivity index is 2.37. The number of nitrogens with zero attached hydrogens (tertiary/aromatic N) is 2. The molecule has 0 saturated carbocycles. The van der Waals surface area contributed by atoms with Gasteiger partial charge in [-0.05, 0) is 12.1 Å². The van der Waals surface area contributed by atoms with Crippen LogP contribution in [0.2, 0.25) is 0 Å². The average Bonchev–Trinajstić information content (AvgIpc) is 2.42. The number of aryl methyl sites for hydroxylation is 1. The Hall–Kier alpha value is -2.24. The number of halogens is 2. The highest BCUT2D eigenvalue weighted by molar-refractivity contribution is 5.60. The Morgan fingerprint density at radius 3 is 2.32 bits per heavy atom. The minimum absolute atomic E-state index is 0.217. The molecule has 0 saturated heterocycles. The lowest BCUT2D eigenvalue weighted by molar-refractivity contribution is 0.590. The molecule has 0 radical (unpaired) electrons. The van der Waals surface area contributed by atoms with Gasteiger partial charge in [0.15, 0.2) is 0 Å². The second-order valence-electron chi connectivity index (χ2n) is 3.88. The second kappa shape index (κ2) is 5.60. The number of aromatic nitrogens is 2. The van der Waals surface area contributed by atoms with E-state index in [2.05, 4.69) is 20.6 Å². The van der Waals surface area contributed by atoms with Crippen LogP contribution in [-0.4, -0.2) is 17.0 Å². The van der Waals surface area contributed by atoms with Gasteiger partial charge < -0.3 is 10.6 Å². The molecule has 0 aliphatic rings. The van der Waals surface area contributed by atoms with Gasteiger partial charge in [-0.15, -0.1) is 0 Å². The van der Waals surface area contributed by atoms with E-state index in [1.54, 1.807) is 13.1 Å². The summed E-state index contributed by atoms with van der Waals surface area (Å²) in [6.07, 6.45) is 0.629. The monoisotopic (exact) mass is 264 g/mol. The highest BCUT2D eigenvalue weighted by Gasteiger charge is 2.10. The van der Waals surface area contributed by atoms with Crippen LogP contribution in [0.3, 0.4) is 0 Å². The van der Waals surface area contributed by atoms with Crippen molar-refractivity contribution in [3.05, 3.63) is 41.7 Å². The molecule has 1 aromatic heterocycles. The molecule has 0 unspecified atom stereocenters. The lowest BCUT2D eigenvalue weighted by Crippen LogP contribution is -2.05. The summed E-state index contributed by atoms with van der Waals surface area (Å²) in [4.78, 5) is 8.39. The van der Waals surface area contributed by atoms with Crippen molar-refractivity contribution in [3.8, 4) is 0 Å². The number of nitrogens with one attached hydrogen (secondary N) is 2. The Labute approximate surface area is 109 Å². The fraction of sp³-hybridized carbons (Fsp3) is 0.231. The highest BCUT2D eigenvalue weighted by atomic mass is 19.1. The fourth-order valence-electron chi connectivity index (χ4n) is 1.59. The van der Waals surface area contributed by atoms with Gasteiger partial charge in [-0.3, -0.25) is 0 Å². The van der Waals surface area contributed by atoms with Crippen LogP contribution < -0.4 is 10.6 Å². The second-order valence-corrected chi connectivity index (χ2v) is 3.88. The van der Waals surface area contributed by atoms with E-state index in [4.69, 9.17) is 0 Å². The minimum Gasteiger partial charge on any atom is -0.373 e. The zero-order chi connectivity index (χ0) is 13.8. The molecule has 2 rings (SSSR count). The first kappa shape index (κ1) is 13.2. The molecule has 6 heteroatoms. The molecule has 0 fully saturated rings. The molecule has 4 nitrogen and oxygen atoms in total. The molecular formula is C13H14F2N4. The Morgan fingerprint density at radius 2 is 1.74 bits per heavy atom. The minimum atomic E-state index is -0.664. The smallest absolute Gasteiger partial charge is 0.149 e. The van der Waals surface area contributed by atoms with Crippen molar-refractivity contribution in [2.45, 2.75) is 13.3 Å². The molecule has 0 atom stereocenters. The standard InChI is InChI=1S/C13H14F2N4/c1-3-10-17-11(16-2)7-12(18-10)19-13-8(14)5-4-6-9(13)15/h4-7H,3H2,1-2H3,(H2,16,17,18,19). The Kier molecular flexibility index (Phi) is 3.89. The van der Waals surface area contributed by atoms with E-state index in [1.165, 1.54) is 18.2 Å². The predicted octanol–water partition coefficient (Wildman–Crippen LogP) is 3.10. The van der Waals surface area contributed by atoms with Crippen molar-refractivity contribution in [2.24, 2.45) is 0 Å². The molecule has 2 N–H and O–H groups in total. The SMILES string of the molecule is CCc1nc(NC)cc(Nc2c(F)cccc2F)n1. The van der Waals surface area contributed by atoms with Crippen LogP contribution in [0.5, 0.6) is 0 Å². The van der Waals surface area contributed by atoms with Gasteiger partial charge in [0.1, 0.15) is 34.8 Å². The van der Waals surface area contributed by atoms with Gasteiger partial charge >= 0.3 is 0 Å². The van der Waals surface area contributed by atoms with Gasteiger partial charge in [0.2, 0.25) is 0 Å². The first-order chi connectivity index (χ1) is 9.13. The summed E-state index contributed by atoms with van der Waals surface area (Å²) in [5.41, 5.74) is -0.217. The summed E-state index contributed by atoms with van der Waals surface area (Å²) < 4.78 is 27.1. The molecule has 0 aliphatic heterocycles. The lowest BCUT2D eigenvalue weighted by atomic mass is 10.3. The molecule has 19 heavy (non-hydrogen) atoms. The molecule has 1 heterocycles. The van der Waals surface area contributed by atoms with Crippen molar-refractivity contribution in [1.82, 2.24) is 9.97 Å². The Bertz CT molecular complexity index is 544. The topological polar surface area (TPSA) is 49.8 Å². The number of rotatable bonds is 4. The van der Waals surface area contributed by atoms with Crippen LogP contribution in [-0.2, 0) is 6.42 Å². The number of hydrogen-bond acceptors (Lipinski definition) is 4. The lowest BCUT2D eigenvalue weighted by Gasteiger charge is -2.10. The third-order valence-corrected chi connectivity index (χ3v) is 2.56. The van der Waals surface area contributed by atoms with Crippen molar-refractivity contribution in [3.63, 3.8) is 0 Å². The van der Waals surface area contributed by atoms with Crippen molar-refractivity contribution >= 4 is 17.3 Å². The van der Waals surface area contributed by atoms with Crippen LogP contribution in [0.25, 0.3) is 0 Å². The summed E-state index contributed by atoms with van der Waals surface area (Å²) in [6.45, 7) is 1.90. The quantitative estimate of drug-likeness (QED) is 0.891. The van der Waals surface area contributed by atoms with Crippen molar-refractivity contribution in [1.29, 1.82) is 0 Å². The zero-order valence-corrected chi connectivity index (χ0v) is 10.7. The summed E-state index contributed by atoms with van der Waals surface area (Å²) in [5.74, 6) is 0.197. The maximum Gasteiger partial charge on any atom is 0.149 e. The van der Waals surface area contributed by atoms with E-state index >= 15 is 0 Å². The van der Waals surface area contributed by atoms with Crippen LogP contribution in [0.1, 0.15) is 12.7 Å². The summed E-state index contributed by atoms with van der Waals surface area (Å²) >= 11 is 0. The zero-order valence-electron chi connectivity index (χ0n) is 10.7. The largest absolute Gasteiger partial charge is 0.373 e. The maximum absolute atomic E-state index is 13.5. The van der Waals surface area contributed by atoms with E-state index in [9.17, 15) is 8.78 Å². The Morgan fingerprint density at radius 1 is 1.11 bits per heavy atom. The molecule has 0 amide bonds. The first-order valence-electron chi connectivity index (χ1n) is 5.90. The molecule has 0 aliphatic carbocycles. The number of para-hydroxylation sites is 1. The fourth-order valence-corrected chi connectivity index (χ4v) is 1.59. The van der Waals surface area contributed by atoms with Gasteiger partial charge in [0.25, 0.3) is 0 Å². The third-order valence-electron chi connectivity index (χ3n) is 2.56. The average molecular weight is 264 g/mol. The van der Waals surface area contributed by atoms with E-state index in [-0.39, 0.29) is 5.69 Å². The van der Waals surface area contributed by atoms with Gasteiger partial charge in [-0.2, -0.15) is 0 Å². The molecule has 1 aromatic carbocycles. The number of hydrogen-bond donors (Lipinski definition) is 2. The van der Waals surface area contributed by atoms with Crippen LogP contribution in [0.4, 0.5) is 26.1 Å². The van der Waals surface area contributed by atoms with E-state index in [0.29, 0.717) is 23.9 Å². The van der Waals surface area contributed by atoms with Gasteiger partial charge in [-0.1, -0.05) is 13.0 Å².